The van der Waals surface area contributed by atoms with Gasteiger partial charge < -0.3 is 9.80 Å². The monoisotopic (exact) mass is 213 g/mol. The summed E-state index contributed by atoms with van der Waals surface area (Å²) in [4.78, 5) is 7.34. The van der Waals surface area contributed by atoms with Crippen LogP contribution in [0.3, 0.4) is 0 Å². The Morgan fingerprint density at radius 3 is 2.33 bits per heavy atom. The first-order valence-corrected chi connectivity index (χ1v) is 5.58. The predicted octanol–water partition coefficient (Wildman–Crippen LogP) is 1.96. The van der Waals surface area contributed by atoms with Crippen LogP contribution in [0, 0.1) is 0 Å². The second-order valence-corrected chi connectivity index (χ2v) is 3.90. The van der Waals surface area contributed by atoms with Gasteiger partial charge in [0.2, 0.25) is 0 Å². The molecule has 5 heteroatoms. The van der Waals surface area contributed by atoms with Crippen LogP contribution in [-0.2, 0) is 0 Å². The van der Waals surface area contributed by atoms with Crippen molar-refractivity contribution >= 4 is 0 Å². The number of nitrogens with zero attached hydrogens (tertiary/aromatic N) is 5. The lowest BCUT2D eigenvalue weighted by Crippen LogP contribution is -2.28. The summed E-state index contributed by atoms with van der Waals surface area (Å²) in [5.74, 6) is 0. The van der Waals surface area contributed by atoms with Gasteiger partial charge in [-0.2, -0.15) is 0 Å². The number of hydrogen-bond donors (Lipinski definition) is 0. The second kappa shape index (κ2) is 9.77. The number of rotatable bonds is 9. The van der Waals surface area contributed by atoms with Gasteiger partial charge in [-0.25, -0.2) is 0 Å². The van der Waals surface area contributed by atoms with Crippen LogP contribution in [0.1, 0.15) is 19.8 Å². The van der Waals surface area contributed by atoms with Crippen LogP contribution in [0.2, 0.25) is 0 Å². The van der Waals surface area contributed by atoms with Gasteiger partial charge in [-0.05, 0) is 58.6 Å². The van der Waals surface area contributed by atoms with E-state index < -0.39 is 0 Å². The molecular formula is C10H23N5. The van der Waals surface area contributed by atoms with Crippen LogP contribution in [0.15, 0.2) is 5.11 Å². The third-order valence-electron chi connectivity index (χ3n) is 2.32. The number of hydrogen-bond acceptors (Lipinski definition) is 3. The minimum Gasteiger partial charge on any atom is -0.309 e. The van der Waals surface area contributed by atoms with Gasteiger partial charge in [0.15, 0.2) is 0 Å². The van der Waals surface area contributed by atoms with Crippen molar-refractivity contribution < 1.29 is 0 Å². The Labute approximate surface area is 92.7 Å². The predicted molar refractivity (Wildman–Crippen MR) is 63.9 cm³/mol. The average Bonchev–Trinajstić information content (AvgIpc) is 2.21. The molecule has 0 aliphatic carbocycles. The summed E-state index contributed by atoms with van der Waals surface area (Å²) in [6, 6.07) is 0. The molecule has 88 valence electrons. The van der Waals surface area contributed by atoms with E-state index in [1.807, 2.05) is 0 Å². The molecular weight excluding hydrogens is 190 g/mol. The second-order valence-electron chi connectivity index (χ2n) is 3.90. The van der Waals surface area contributed by atoms with E-state index in [2.05, 4.69) is 40.8 Å². The molecule has 0 saturated heterocycles. The summed E-state index contributed by atoms with van der Waals surface area (Å²) >= 11 is 0. The van der Waals surface area contributed by atoms with Crippen LogP contribution in [-0.4, -0.2) is 56.6 Å². The fourth-order valence-corrected chi connectivity index (χ4v) is 1.45. The molecule has 0 aromatic rings. The molecule has 0 saturated carbocycles. The molecule has 15 heavy (non-hydrogen) atoms. The Morgan fingerprint density at radius 1 is 1.13 bits per heavy atom. The zero-order valence-corrected chi connectivity index (χ0v) is 10.2. The third kappa shape index (κ3) is 9.53. The van der Waals surface area contributed by atoms with E-state index in [1.165, 1.54) is 6.42 Å². The van der Waals surface area contributed by atoms with E-state index in [1.54, 1.807) is 0 Å². The van der Waals surface area contributed by atoms with Crippen LogP contribution in [0.5, 0.6) is 0 Å². The average molecular weight is 213 g/mol. The van der Waals surface area contributed by atoms with Gasteiger partial charge in [-0.15, -0.1) is 0 Å². The third-order valence-corrected chi connectivity index (χ3v) is 2.32. The van der Waals surface area contributed by atoms with Gasteiger partial charge in [0.25, 0.3) is 0 Å². The lowest BCUT2D eigenvalue weighted by atomic mass is 10.3. The molecule has 0 N–H and O–H groups in total. The number of azide groups is 1. The zero-order chi connectivity index (χ0) is 11.5. The van der Waals surface area contributed by atoms with Crippen LogP contribution in [0.25, 0.3) is 10.4 Å². The largest absolute Gasteiger partial charge is 0.309 e. The van der Waals surface area contributed by atoms with Crippen molar-refractivity contribution in [3.63, 3.8) is 0 Å². The highest BCUT2D eigenvalue weighted by molar-refractivity contribution is 4.58. The molecule has 0 atom stereocenters. The van der Waals surface area contributed by atoms with Crippen molar-refractivity contribution in [2.24, 2.45) is 5.11 Å². The highest BCUT2D eigenvalue weighted by Gasteiger charge is 2.01. The van der Waals surface area contributed by atoms with Gasteiger partial charge in [0, 0.05) is 11.5 Å². The zero-order valence-electron chi connectivity index (χ0n) is 10.2. The molecule has 0 fully saturated rings. The molecule has 0 aliphatic rings. The minimum atomic E-state index is 0.612. The van der Waals surface area contributed by atoms with E-state index in [9.17, 15) is 0 Å². The summed E-state index contributed by atoms with van der Waals surface area (Å²) in [6.07, 6.45) is 2.15. The smallest absolute Gasteiger partial charge is 0.0270 e. The van der Waals surface area contributed by atoms with Crippen molar-refractivity contribution in [2.75, 3.05) is 46.8 Å². The van der Waals surface area contributed by atoms with Gasteiger partial charge in [-0.3, -0.25) is 0 Å². The van der Waals surface area contributed by atoms with E-state index in [0.717, 1.165) is 32.6 Å². The van der Waals surface area contributed by atoms with Crippen LogP contribution < -0.4 is 0 Å². The molecule has 0 spiro atoms. The van der Waals surface area contributed by atoms with Gasteiger partial charge in [0.05, 0.1) is 0 Å². The Balaban J connectivity index is 3.50. The van der Waals surface area contributed by atoms with E-state index in [0.29, 0.717) is 6.54 Å². The fraction of sp³-hybridized carbons (Fsp3) is 1.00. The van der Waals surface area contributed by atoms with Gasteiger partial charge in [-0.1, -0.05) is 12.0 Å². The Kier molecular flexibility index (Phi) is 9.27. The highest BCUT2D eigenvalue weighted by Crippen LogP contribution is 1.95. The molecule has 0 aliphatic heterocycles. The summed E-state index contributed by atoms with van der Waals surface area (Å²) in [7, 11) is 4.19. The van der Waals surface area contributed by atoms with E-state index in [-0.39, 0.29) is 0 Å². The Morgan fingerprint density at radius 2 is 1.80 bits per heavy atom. The molecule has 0 amide bonds. The lowest BCUT2D eigenvalue weighted by Gasteiger charge is -2.20. The van der Waals surface area contributed by atoms with Crippen molar-refractivity contribution in [1.29, 1.82) is 0 Å². The van der Waals surface area contributed by atoms with Crippen molar-refractivity contribution in [2.45, 2.75) is 19.8 Å². The van der Waals surface area contributed by atoms with E-state index >= 15 is 0 Å². The molecule has 0 bridgehead atoms. The highest BCUT2D eigenvalue weighted by atomic mass is 15.1. The Bertz CT molecular complexity index is 186. The van der Waals surface area contributed by atoms with Crippen LogP contribution in [0.4, 0.5) is 0 Å². The SMILES string of the molecule is CCN(CCCN=[N+]=[N-])CCCN(C)C. The van der Waals surface area contributed by atoms with Crippen LogP contribution >= 0.6 is 0 Å². The summed E-state index contributed by atoms with van der Waals surface area (Å²) in [5.41, 5.74) is 8.13. The maximum atomic E-state index is 8.13. The van der Waals surface area contributed by atoms with E-state index in [4.69, 9.17) is 5.53 Å². The first-order valence-electron chi connectivity index (χ1n) is 5.58. The van der Waals surface area contributed by atoms with Crippen molar-refractivity contribution in [1.82, 2.24) is 9.80 Å². The lowest BCUT2D eigenvalue weighted by molar-refractivity contribution is 0.265. The molecule has 5 nitrogen and oxygen atoms in total. The first kappa shape index (κ1) is 14.2. The normalized spacial score (nSPS) is 10.7. The first-order chi connectivity index (χ1) is 7.20. The Hall–Kier alpha value is -0.770. The summed E-state index contributed by atoms with van der Waals surface area (Å²) in [6.45, 7) is 7.15. The summed E-state index contributed by atoms with van der Waals surface area (Å²) < 4.78 is 0. The summed E-state index contributed by atoms with van der Waals surface area (Å²) in [5, 5.41) is 3.53. The quantitative estimate of drug-likeness (QED) is 0.254. The molecule has 0 aromatic carbocycles. The molecule has 0 rings (SSSR count). The molecule has 0 heterocycles. The topological polar surface area (TPSA) is 55.2 Å². The van der Waals surface area contributed by atoms with Gasteiger partial charge >= 0.3 is 0 Å². The molecule has 0 unspecified atom stereocenters. The molecule has 0 aromatic heterocycles. The standard InChI is InChI=1S/C10H23N5/c1-4-15(9-5-7-12-13-11)10-6-8-14(2)3/h4-10H2,1-3H3. The maximum absolute atomic E-state index is 8.13. The molecule has 0 radical (unpaired) electrons. The van der Waals surface area contributed by atoms with Crippen molar-refractivity contribution in [3.05, 3.63) is 10.4 Å². The minimum absolute atomic E-state index is 0.612. The maximum Gasteiger partial charge on any atom is 0.0270 e. The van der Waals surface area contributed by atoms with Crippen molar-refractivity contribution in [3.8, 4) is 0 Å². The fourth-order valence-electron chi connectivity index (χ4n) is 1.45. The van der Waals surface area contributed by atoms with Gasteiger partial charge in [0.1, 0.15) is 0 Å².